The lowest BCUT2D eigenvalue weighted by molar-refractivity contribution is -0.139. The summed E-state index contributed by atoms with van der Waals surface area (Å²) < 4.78 is 2.02. The van der Waals surface area contributed by atoms with Crippen molar-refractivity contribution < 1.29 is 9.90 Å². The second-order valence-electron chi connectivity index (χ2n) is 5.33. The quantitative estimate of drug-likeness (QED) is 0.789. The Hall–Kier alpha value is -2.55. The number of rotatable bonds is 4. The minimum absolute atomic E-state index is 0.437. The highest BCUT2D eigenvalue weighted by Gasteiger charge is 2.20. The first-order valence-corrected chi connectivity index (χ1v) is 6.98. The van der Waals surface area contributed by atoms with E-state index < -0.39 is 11.9 Å². The summed E-state index contributed by atoms with van der Waals surface area (Å²) in [6, 6.07) is 17.7. The minimum Gasteiger partial charge on any atom is -0.481 e. The molecule has 0 saturated heterocycles. The first-order chi connectivity index (χ1) is 10.1. The number of nitrogens with zero attached hydrogens (tertiary/aromatic N) is 1. The highest BCUT2D eigenvalue weighted by atomic mass is 16.4. The summed E-state index contributed by atoms with van der Waals surface area (Å²) in [6.07, 6.45) is 1.96. The third-order valence-electron chi connectivity index (χ3n) is 3.81. The van der Waals surface area contributed by atoms with Crippen LogP contribution in [0.3, 0.4) is 0 Å². The van der Waals surface area contributed by atoms with Gasteiger partial charge in [-0.3, -0.25) is 4.79 Å². The van der Waals surface area contributed by atoms with Crippen LogP contribution >= 0.6 is 0 Å². The van der Waals surface area contributed by atoms with Crippen LogP contribution in [-0.4, -0.2) is 15.6 Å². The van der Waals surface area contributed by atoms with E-state index in [1.807, 2.05) is 54.1 Å². The molecule has 1 unspecified atom stereocenters. The van der Waals surface area contributed by atoms with Crippen molar-refractivity contribution in [3.63, 3.8) is 0 Å². The van der Waals surface area contributed by atoms with E-state index in [4.69, 9.17) is 0 Å². The van der Waals surface area contributed by atoms with Gasteiger partial charge in [-0.05, 0) is 35.6 Å². The molecule has 1 aromatic heterocycles. The van der Waals surface area contributed by atoms with Crippen molar-refractivity contribution in [1.29, 1.82) is 0 Å². The van der Waals surface area contributed by atoms with Gasteiger partial charge in [-0.1, -0.05) is 42.5 Å². The number of carboxylic acid groups (broad SMARTS) is 1. The zero-order valence-corrected chi connectivity index (χ0v) is 11.9. The Labute approximate surface area is 123 Å². The first kappa shape index (κ1) is 13.4. The number of fused-ring (bicyclic) bond motifs is 1. The van der Waals surface area contributed by atoms with Gasteiger partial charge in [0.25, 0.3) is 0 Å². The molecule has 0 spiro atoms. The van der Waals surface area contributed by atoms with Gasteiger partial charge < -0.3 is 9.67 Å². The predicted octanol–water partition coefficient (Wildman–Crippen LogP) is 3.82. The van der Waals surface area contributed by atoms with E-state index in [1.54, 1.807) is 0 Å². The Morgan fingerprint density at radius 1 is 1.14 bits per heavy atom. The number of aryl methyl sites for hydroxylation is 1. The molecule has 0 fully saturated rings. The third kappa shape index (κ3) is 2.68. The van der Waals surface area contributed by atoms with Crippen LogP contribution in [0.1, 0.15) is 17.0 Å². The SMILES string of the molecule is Cc1ccc2ccn(CC(C(=O)O)c3ccccc3)c2c1. The van der Waals surface area contributed by atoms with Gasteiger partial charge >= 0.3 is 5.97 Å². The number of hydrogen-bond donors (Lipinski definition) is 1. The van der Waals surface area contributed by atoms with E-state index in [0.29, 0.717) is 6.54 Å². The number of aromatic nitrogens is 1. The van der Waals surface area contributed by atoms with Crippen molar-refractivity contribution in [2.75, 3.05) is 0 Å². The van der Waals surface area contributed by atoms with Crippen LogP contribution in [0.2, 0.25) is 0 Å². The fourth-order valence-electron chi connectivity index (χ4n) is 2.66. The van der Waals surface area contributed by atoms with Crippen LogP contribution in [0, 0.1) is 6.92 Å². The normalized spacial score (nSPS) is 12.4. The molecule has 3 aromatic rings. The van der Waals surface area contributed by atoms with E-state index in [0.717, 1.165) is 16.5 Å². The molecule has 106 valence electrons. The molecule has 2 aromatic carbocycles. The lowest BCUT2D eigenvalue weighted by atomic mass is 9.99. The van der Waals surface area contributed by atoms with Gasteiger partial charge in [0.05, 0.1) is 5.92 Å². The molecular formula is C18H17NO2. The number of carbonyl (C=O) groups is 1. The van der Waals surface area contributed by atoms with Gasteiger partial charge in [0.15, 0.2) is 0 Å². The molecule has 0 saturated carbocycles. The van der Waals surface area contributed by atoms with Gasteiger partial charge in [-0.15, -0.1) is 0 Å². The summed E-state index contributed by atoms with van der Waals surface area (Å²) in [5.74, 6) is -1.34. The van der Waals surface area contributed by atoms with E-state index in [1.165, 1.54) is 5.56 Å². The summed E-state index contributed by atoms with van der Waals surface area (Å²) in [5, 5.41) is 10.7. The molecule has 0 bridgehead atoms. The van der Waals surface area contributed by atoms with Crippen molar-refractivity contribution in [3.05, 3.63) is 71.9 Å². The zero-order valence-electron chi connectivity index (χ0n) is 11.9. The second kappa shape index (κ2) is 5.44. The number of carboxylic acids is 1. The maximum absolute atomic E-state index is 11.6. The molecule has 3 rings (SSSR count). The predicted molar refractivity (Wildman–Crippen MR) is 83.5 cm³/mol. The molecule has 1 heterocycles. The molecule has 1 N–H and O–H groups in total. The highest BCUT2D eigenvalue weighted by molar-refractivity contribution is 5.81. The number of hydrogen-bond acceptors (Lipinski definition) is 1. The lowest BCUT2D eigenvalue weighted by Crippen LogP contribution is -2.17. The van der Waals surface area contributed by atoms with Crippen molar-refractivity contribution in [3.8, 4) is 0 Å². The Bertz CT molecular complexity index is 774. The van der Waals surface area contributed by atoms with E-state index >= 15 is 0 Å². The Morgan fingerprint density at radius 2 is 1.90 bits per heavy atom. The zero-order chi connectivity index (χ0) is 14.8. The van der Waals surface area contributed by atoms with Crippen LogP contribution in [-0.2, 0) is 11.3 Å². The number of benzene rings is 2. The standard InChI is InChI=1S/C18H17NO2/c1-13-7-8-15-9-10-19(17(15)11-13)12-16(18(20)21)14-5-3-2-4-6-14/h2-11,16H,12H2,1H3,(H,20,21). The van der Waals surface area contributed by atoms with Crippen LogP contribution in [0.4, 0.5) is 0 Å². The van der Waals surface area contributed by atoms with Crippen molar-refractivity contribution in [2.24, 2.45) is 0 Å². The van der Waals surface area contributed by atoms with E-state index in [-0.39, 0.29) is 0 Å². The van der Waals surface area contributed by atoms with E-state index in [9.17, 15) is 9.90 Å². The van der Waals surface area contributed by atoms with Crippen LogP contribution in [0.25, 0.3) is 10.9 Å². The van der Waals surface area contributed by atoms with Gasteiger partial charge in [0.1, 0.15) is 0 Å². The van der Waals surface area contributed by atoms with Crippen molar-refractivity contribution in [2.45, 2.75) is 19.4 Å². The fourth-order valence-corrected chi connectivity index (χ4v) is 2.66. The van der Waals surface area contributed by atoms with Crippen LogP contribution in [0.5, 0.6) is 0 Å². The van der Waals surface area contributed by atoms with Crippen LogP contribution in [0.15, 0.2) is 60.8 Å². The summed E-state index contributed by atoms with van der Waals surface area (Å²) in [4.78, 5) is 11.6. The molecule has 0 aliphatic rings. The fraction of sp³-hybridized carbons (Fsp3) is 0.167. The Kier molecular flexibility index (Phi) is 3.48. The average Bonchev–Trinajstić information content (AvgIpc) is 2.87. The highest BCUT2D eigenvalue weighted by Crippen LogP contribution is 2.23. The molecule has 0 aliphatic carbocycles. The summed E-state index contributed by atoms with van der Waals surface area (Å²) in [6.45, 7) is 2.48. The van der Waals surface area contributed by atoms with Gasteiger partial charge in [-0.2, -0.15) is 0 Å². The molecule has 0 aliphatic heterocycles. The van der Waals surface area contributed by atoms with Gasteiger partial charge in [-0.25, -0.2) is 0 Å². The van der Waals surface area contributed by atoms with Crippen molar-refractivity contribution in [1.82, 2.24) is 4.57 Å². The monoisotopic (exact) mass is 279 g/mol. The molecule has 3 heteroatoms. The first-order valence-electron chi connectivity index (χ1n) is 6.98. The largest absolute Gasteiger partial charge is 0.481 e. The average molecular weight is 279 g/mol. The topological polar surface area (TPSA) is 42.2 Å². The molecule has 1 atom stereocenters. The molecule has 3 nitrogen and oxygen atoms in total. The lowest BCUT2D eigenvalue weighted by Gasteiger charge is -2.15. The maximum Gasteiger partial charge on any atom is 0.312 e. The van der Waals surface area contributed by atoms with Gasteiger partial charge in [0, 0.05) is 18.3 Å². The summed E-state index contributed by atoms with van der Waals surface area (Å²) >= 11 is 0. The van der Waals surface area contributed by atoms with Crippen LogP contribution < -0.4 is 0 Å². The third-order valence-corrected chi connectivity index (χ3v) is 3.81. The second-order valence-corrected chi connectivity index (χ2v) is 5.33. The minimum atomic E-state index is -0.796. The van der Waals surface area contributed by atoms with E-state index in [2.05, 4.69) is 18.2 Å². The Balaban J connectivity index is 1.99. The number of aliphatic carboxylic acids is 1. The smallest absolute Gasteiger partial charge is 0.312 e. The summed E-state index contributed by atoms with van der Waals surface area (Å²) in [5.41, 5.74) is 3.09. The van der Waals surface area contributed by atoms with Crippen molar-refractivity contribution >= 4 is 16.9 Å². The molecular weight excluding hydrogens is 262 g/mol. The molecule has 21 heavy (non-hydrogen) atoms. The summed E-state index contributed by atoms with van der Waals surface area (Å²) in [7, 11) is 0. The molecule has 0 radical (unpaired) electrons. The molecule has 0 amide bonds. The Morgan fingerprint density at radius 3 is 2.62 bits per heavy atom. The van der Waals surface area contributed by atoms with Gasteiger partial charge in [0.2, 0.25) is 0 Å². The maximum atomic E-state index is 11.6.